The fourth-order valence-corrected chi connectivity index (χ4v) is 2.41. The van der Waals surface area contributed by atoms with E-state index < -0.39 is 0 Å². The number of carbonyl (C=O) groups excluding carboxylic acids is 2. The van der Waals surface area contributed by atoms with Gasteiger partial charge < -0.3 is 15.2 Å². The average molecular weight is 364 g/mol. The molecule has 0 atom stereocenters. The number of aryl methyl sites for hydroxylation is 1. The van der Waals surface area contributed by atoms with Crippen molar-refractivity contribution >= 4 is 11.8 Å². The van der Waals surface area contributed by atoms with Gasteiger partial charge in [0, 0.05) is 36.6 Å². The second kappa shape index (κ2) is 8.75. The molecule has 3 rings (SSSR count). The number of nitrogens with one attached hydrogen (secondary N) is 2. The number of carbonyl (C=O) groups is 2. The number of aromatic nitrogens is 2. The monoisotopic (exact) mass is 364 g/mol. The molecule has 7 heteroatoms. The second-order valence-electron chi connectivity index (χ2n) is 6.00. The van der Waals surface area contributed by atoms with Crippen LogP contribution in [0.1, 0.15) is 33.0 Å². The second-order valence-corrected chi connectivity index (χ2v) is 6.00. The predicted molar refractivity (Wildman–Crippen MR) is 100 cm³/mol. The molecule has 0 unspecified atom stereocenters. The van der Waals surface area contributed by atoms with Crippen molar-refractivity contribution in [1.29, 1.82) is 0 Å². The Kier molecular flexibility index (Phi) is 5.94. The maximum Gasteiger partial charge on any atom is 0.273 e. The van der Waals surface area contributed by atoms with E-state index in [0.29, 0.717) is 30.8 Å². The maximum absolute atomic E-state index is 12.1. The molecule has 0 saturated carbocycles. The van der Waals surface area contributed by atoms with E-state index in [1.165, 1.54) is 0 Å². The summed E-state index contributed by atoms with van der Waals surface area (Å²) in [4.78, 5) is 28.2. The Labute approximate surface area is 156 Å². The summed E-state index contributed by atoms with van der Waals surface area (Å²) < 4.78 is 5.21. The third-order valence-electron chi connectivity index (χ3n) is 3.90. The molecule has 2 N–H and O–H groups in total. The van der Waals surface area contributed by atoms with Gasteiger partial charge in [-0.05, 0) is 25.5 Å². The molecular weight excluding hydrogens is 344 g/mol. The molecule has 0 aliphatic carbocycles. The zero-order valence-corrected chi connectivity index (χ0v) is 14.9. The SMILES string of the molecule is Cc1ccc(C(=O)NCCCNC(=O)c2cc(-c3ccccc3)on2)cn1. The zero-order valence-electron chi connectivity index (χ0n) is 14.9. The van der Waals surface area contributed by atoms with Crippen molar-refractivity contribution in [3.63, 3.8) is 0 Å². The number of rotatable bonds is 7. The van der Waals surface area contributed by atoms with Gasteiger partial charge in [-0.1, -0.05) is 35.5 Å². The lowest BCUT2D eigenvalue weighted by molar-refractivity contribution is 0.0944. The molecule has 0 saturated heterocycles. The van der Waals surface area contributed by atoms with Crippen molar-refractivity contribution in [2.24, 2.45) is 0 Å². The molecule has 1 aromatic carbocycles. The Morgan fingerprint density at radius 2 is 1.74 bits per heavy atom. The standard InChI is InChI=1S/C20H20N4O3/c1-14-8-9-16(13-23-14)19(25)21-10-5-11-22-20(26)17-12-18(27-24-17)15-6-3-2-4-7-15/h2-4,6-9,12-13H,5,10-11H2,1H3,(H,21,25)(H,22,26). The molecule has 138 valence electrons. The van der Waals surface area contributed by atoms with Gasteiger partial charge in [-0.25, -0.2) is 0 Å². The van der Waals surface area contributed by atoms with E-state index in [4.69, 9.17) is 4.52 Å². The van der Waals surface area contributed by atoms with Gasteiger partial charge in [-0.2, -0.15) is 0 Å². The predicted octanol–water partition coefficient (Wildman–Crippen LogP) is 2.59. The van der Waals surface area contributed by atoms with Crippen molar-refractivity contribution < 1.29 is 14.1 Å². The van der Waals surface area contributed by atoms with Gasteiger partial charge in [0.15, 0.2) is 11.5 Å². The van der Waals surface area contributed by atoms with Crippen LogP contribution in [0.25, 0.3) is 11.3 Å². The number of amides is 2. The van der Waals surface area contributed by atoms with Crippen molar-refractivity contribution in [2.45, 2.75) is 13.3 Å². The smallest absolute Gasteiger partial charge is 0.273 e. The summed E-state index contributed by atoms with van der Waals surface area (Å²) in [5.74, 6) is 0.0487. The third-order valence-corrected chi connectivity index (χ3v) is 3.90. The van der Waals surface area contributed by atoms with Crippen molar-refractivity contribution in [1.82, 2.24) is 20.8 Å². The van der Waals surface area contributed by atoms with E-state index >= 15 is 0 Å². The Balaban J connectivity index is 1.40. The first-order valence-corrected chi connectivity index (χ1v) is 8.64. The Morgan fingerprint density at radius 3 is 2.44 bits per heavy atom. The molecule has 7 nitrogen and oxygen atoms in total. The summed E-state index contributed by atoms with van der Waals surface area (Å²) in [5.41, 5.74) is 2.46. The summed E-state index contributed by atoms with van der Waals surface area (Å²) in [6.07, 6.45) is 2.14. The number of pyridine rings is 1. The van der Waals surface area contributed by atoms with Gasteiger partial charge in [-0.3, -0.25) is 14.6 Å². The lowest BCUT2D eigenvalue weighted by atomic mass is 10.1. The highest BCUT2D eigenvalue weighted by molar-refractivity contribution is 5.94. The first kappa shape index (κ1) is 18.3. The van der Waals surface area contributed by atoms with Crippen LogP contribution in [0.4, 0.5) is 0 Å². The number of hydrogen-bond acceptors (Lipinski definition) is 5. The molecule has 27 heavy (non-hydrogen) atoms. The van der Waals surface area contributed by atoms with Crippen molar-refractivity contribution in [2.75, 3.05) is 13.1 Å². The van der Waals surface area contributed by atoms with Crippen LogP contribution in [0, 0.1) is 6.92 Å². The van der Waals surface area contributed by atoms with Gasteiger partial charge in [-0.15, -0.1) is 0 Å². The van der Waals surface area contributed by atoms with E-state index in [9.17, 15) is 9.59 Å². The van der Waals surface area contributed by atoms with E-state index in [1.807, 2.05) is 37.3 Å². The van der Waals surface area contributed by atoms with E-state index in [1.54, 1.807) is 24.4 Å². The van der Waals surface area contributed by atoms with Crippen LogP contribution in [0.5, 0.6) is 0 Å². The Morgan fingerprint density at radius 1 is 1.00 bits per heavy atom. The number of hydrogen-bond donors (Lipinski definition) is 2. The first-order chi connectivity index (χ1) is 13.1. The van der Waals surface area contributed by atoms with Crippen LogP contribution in [0.3, 0.4) is 0 Å². The molecule has 0 spiro atoms. The van der Waals surface area contributed by atoms with Crippen molar-refractivity contribution in [3.8, 4) is 11.3 Å². The normalized spacial score (nSPS) is 10.4. The topological polar surface area (TPSA) is 97.1 Å². The summed E-state index contributed by atoms with van der Waals surface area (Å²) in [7, 11) is 0. The van der Waals surface area contributed by atoms with Gasteiger partial charge in [0.25, 0.3) is 11.8 Å². The fourth-order valence-electron chi connectivity index (χ4n) is 2.41. The highest BCUT2D eigenvalue weighted by atomic mass is 16.5. The summed E-state index contributed by atoms with van der Waals surface area (Å²) in [6, 6.07) is 14.6. The minimum Gasteiger partial charge on any atom is -0.355 e. The average Bonchev–Trinajstić information content (AvgIpc) is 3.19. The molecule has 0 aliphatic rings. The van der Waals surface area contributed by atoms with Crippen LogP contribution in [0.2, 0.25) is 0 Å². The van der Waals surface area contributed by atoms with Crippen LogP contribution >= 0.6 is 0 Å². The van der Waals surface area contributed by atoms with Crippen LogP contribution in [-0.4, -0.2) is 35.0 Å². The lowest BCUT2D eigenvalue weighted by Gasteiger charge is -2.06. The summed E-state index contributed by atoms with van der Waals surface area (Å²) >= 11 is 0. The van der Waals surface area contributed by atoms with Crippen LogP contribution in [0.15, 0.2) is 59.3 Å². The minimum atomic E-state index is -0.310. The maximum atomic E-state index is 12.1. The lowest BCUT2D eigenvalue weighted by Crippen LogP contribution is -2.30. The fraction of sp³-hybridized carbons (Fsp3) is 0.200. The Hall–Kier alpha value is -3.48. The molecule has 0 radical (unpaired) electrons. The highest BCUT2D eigenvalue weighted by Crippen LogP contribution is 2.19. The van der Waals surface area contributed by atoms with E-state index in [0.717, 1.165) is 11.3 Å². The van der Waals surface area contributed by atoms with Gasteiger partial charge in [0.2, 0.25) is 0 Å². The molecule has 2 amide bonds. The van der Waals surface area contributed by atoms with Gasteiger partial charge in [0.1, 0.15) is 0 Å². The van der Waals surface area contributed by atoms with E-state index in [-0.39, 0.29) is 17.5 Å². The van der Waals surface area contributed by atoms with Crippen LogP contribution in [-0.2, 0) is 0 Å². The highest BCUT2D eigenvalue weighted by Gasteiger charge is 2.13. The molecule has 0 fully saturated rings. The summed E-state index contributed by atoms with van der Waals surface area (Å²) in [6.45, 7) is 2.72. The molecule has 2 aromatic heterocycles. The van der Waals surface area contributed by atoms with Crippen molar-refractivity contribution in [3.05, 3.63) is 71.7 Å². The largest absolute Gasteiger partial charge is 0.355 e. The molecule has 0 bridgehead atoms. The van der Waals surface area contributed by atoms with Gasteiger partial charge in [0.05, 0.1) is 5.56 Å². The number of benzene rings is 1. The van der Waals surface area contributed by atoms with Crippen LogP contribution < -0.4 is 10.6 Å². The zero-order chi connectivity index (χ0) is 19.1. The molecule has 2 heterocycles. The molecule has 0 aliphatic heterocycles. The quantitative estimate of drug-likeness (QED) is 0.628. The van der Waals surface area contributed by atoms with E-state index in [2.05, 4.69) is 20.8 Å². The molecule has 3 aromatic rings. The van der Waals surface area contributed by atoms with Gasteiger partial charge >= 0.3 is 0 Å². The minimum absolute atomic E-state index is 0.183. The Bertz CT molecular complexity index is 904. The summed E-state index contributed by atoms with van der Waals surface area (Å²) in [5, 5.41) is 9.36. The first-order valence-electron chi connectivity index (χ1n) is 8.64. The number of nitrogens with zero attached hydrogens (tertiary/aromatic N) is 2. The third kappa shape index (κ3) is 5.01. The molecular formula is C20H20N4O3.